The summed E-state index contributed by atoms with van der Waals surface area (Å²) in [6, 6.07) is 4.44. The van der Waals surface area contributed by atoms with Crippen molar-refractivity contribution in [3.8, 4) is 5.75 Å². The first-order valence-corrected chi connectivity index (χ1v) is 8.27. The van der Waals surface area contributed by atoms with Crippen molar-refractivity contribution in [1.29, 1.82) is 0 Å². The van der Waals surface area contributed by atoms with Gasteiger partial charge in [-0.05, 0) is 45.4 Å². The van der Waals surface area contributed by atoms with Crippen LogP contribution in [0.4, 0.5) is 10.5 Å². The van der Waals surface area contributed by atoms with E-state index in [2.05, 4.69) is 10.6 Å². The summed E-state index contributed by atoms with van der Waals surface area (Å²) in [5, 5.41) is 14.7. The minimum Gasteiger partial charge on any atom is -0.486 e. The molecule has 0 aliphatic heterocycles. The SMILES string of the molecule is COCC(C)Oc1ccc(Cl)cc1NC(=O)NC(C)(C)CCC(=O)O. The molecule has 25 heavy (non-hydrogen) atoms. The van der Waals surface area contributed by atoms with Crippen LogP contribution in [0.5, 0.6) is 5.75 Å². The van der Waals surface area contributed by atoms with Gasteiger partial charge in [-0.2, -0.15) is 0 Å². The quantitative estimate of drug-likeness (QED) is 0.616. The maximum atomic E-state index is 12.3. The number of carbonyl (C=O) groups excluding carboxylic acids is 1. The third-order valence-electron chi connectivity index (χ3n) is 3.34. The van der Waals surface area contributed by atoms with Crippen molar-refractivity contribution in [2.75, 3.05) is 19.0 Å². The van der Waals surface area contributed by atoms with Crippen molar-refractivity contribution in [3.63, 3.8) is 0 Å². The number of halogens is 1. The fourth-order valence-electron chi connectivity index (χ4n) is 2.13. The highest BCUT2D eigenvalue weighted by molar-refractivity contribution is 6.31. The van der Waals surface area contributed by atoms with Gasteiger partial charge in [0.1, 0.15) is 11.9 Å². The largest absolute Gasteiger partial charge is 0.486 e. The van der Waals surface area contributed by atoms with Crippen molar-refractivity contribution in [2.24, 2.45) is 0 Å². The van der Waals surface area contributed by atoms with Crippen LogP contribution in [0.2, 0.25) is 5.02 Å². The molecule has 8 heteroatoms. The molecule has 1 aromatic carbocycles. The first-order chi connectivity index (χ1) is 11.6. The van der Waals surface area contributed by atoms with Crippen molar-refractivity contribution in [1.82, 2.24) is 5.32 Å². The summed E-state index contributed by atoms with van der Waals surface area (Å²) < 4.78 is 10.8. The summed E-state index contributed by atoms with van der Waals surface area (Å²) in [5.74, 6) is -0.444. The predicted molar refractivity (Wildman–Crippen MR) is 96.5 cm³/mol. The molecular weight excluding hydrogens is 348 g/mol. The fourth-order valence-corrected chi connectivity index (χ4v) is 2.30. The molecule has 2 amide bonds. The van der Waals surface area contributed by atoms with Gasteiger partial charge in [-0.3, -0.25) is 4.79 Å². The Labute approximate surface area is 152 Å². The Morgan fingerprint density at radius 1 is 1.36 bits per heavy atom. The van der Waals surface area contributed by atoms with E-state index >= 15 is 0 Å². The van der Waals surface area contributed by atoms with E-state index < -0.39 is 17.5 Å². The van der Waals surface area contributed by atoms with Crippen LogP contribution in [0.25, 0.3) is 0 Å². The Kier molecular flexibility index (Phi) is 7.99. The smallest absolute Gasteiger partial charge is 0.319 e. The summed E-state index contributed by atoms with van der Waals surface area (Å²) in [6.45, 7) is 5.75. The predicted octanol–water partition coefficient (Wildman–Crippen LogP) is 3.52. The number of anilines is 1. The van der Waals surface area contributed by atoms with Gasteiger partial charge in [-0.15, -0.1) is 0 Å². The number of nitrogens with one attached hydrogen (secondary N) is 2. The van der Waals surface area contributed by atoms with Crippen LogP contribution in [0, 0.1) is 0 Å². The molecule has 1 atom stereocenters. The molecule has 0 saturated carbocycles. The Morgan fingerprint density at radius 2 is 2.04 bits per heavy atom. The molecule has 0 aliphatic rings. The molecule has 0 spiro atoms. The first kappa shape index (κ1) is 21.1. The minimum absolute atomic E-state index is 0.0344. The number of aliphatic carboxylic acids is 1. The average Bonchev–Trinajstić information content (AvgIpc) is 2.48. The lowest BCUT2D eigenvalue weighted by Gasteiger charge is -2.26. The zero-order chi connectivity index (χ0) is 19.0. The summed E-state index contributed by atoms with van der Waals surface area (Å²) in [6.07, 6.45) is 0.0640. The molecular formula is C17H25ClN2O5. The highest BCUT2D eigenvalue weighted by Crippen LogP contribution is 2.29. The minimum atomic E-state index is -0.909. The summed E-state index contributed by atoms with van der Waals surface area (Å²) in [7, 11) is 1.58. The van der Waals surface area contributed by atoms with Crippen molar-refractivity contribution >= 4 is 29.3 Å². The summed E-state index contributed by atoms with van der Waals surface area (Å²) in [5.41, 5.74) is -0.257. The number of carbonyl (C=O) groups is 2. The van der Waals surface area contributed by atoms with Crippen molar-refractivity contribution in [3.05, 3.63) is 23.2 Å². The maximum Gasteiger partial charge on any atom is 0.319 e. The Balaban J connectivity index is 2.78. The number of rotatable bonds is 9. The van der Waals surface area contributed by atoms with Gasteiger partial charge in [0.2, 0.25) is 0 Å². The third-order valence-corrected chi connectivity index (χ3v) is 3.57. The zero-order valence-electron chi connectivity index (χ0n) is 14.9. The van der Waals surface area contributed by atoms with E-state index in [1.807, 2.05) is 6.92 Å². The molecule has 1 unspecified atom stereocenters. The zero-order valence-corrected chi connectivity index (χ0v) is 15.6. The van der Waals surface area contributed by atoms with Gasteiger partial charge in [-0.25, -0.2) is 4.79 Å². The van der Waals surface area contributed by atoms with Gasteiger partial charge in [-0.1, -0.05) is 11.6 Å². The molecule has 1 rings (SSSR count). The molecule has 0 heterocycles. The normalized spacial score (nSPS) is 12.4. The lowest BCUT2D eigenvalue weighted by molar-refractivity contribution is -0.137. The number of urea groups is 1. The number of carboxylic acids is 1. The molecule has 0 bridgehead atoms. The van der Waals surface area contributed by atoms with E-state index in [1.165, 1.54) is 0 Å². The Morgan fingerprint density at radius 3 is 2.64 bits per heavy atom. The van der Waals surface area contributed by atoms with E-state index in [1.54, 1.807) is 39.2 Å². The second kappa shape index (κ2) is 9.48. The highest BCUT2D eigenvalue weighted by atomic mass is 35.5. The highest BCUT2D eigenvalue weighted by Gasteiger charge is 2.22. The van der Waals surface area contributed by atoms with Gasteiger partial charge in [0.05, 0.1) is 12.3 Å². The number of ether oxygens (including phenoxy) is 2. The molecule has 0 aromatic heterocycles. The second-order valence-corrected chi connectivity index (χ2v) is 6.82. The Bertz CT molecular complexity index is 607. The van der Waals surface area contributed by atoms with Gasteiger partial charge < -0.3 is 25.2 Å². The number of carboxylic acid groups (broad SMARTS) is 1. The van der Waals surface area contributed by atoms with E-state index in [9.17, 15) is 9.59 Å². The molecule has 0 aliphatic carbocycles. The number of methoxy groups -OCH3 is 1. The molecule has 0 radical (unpaired) electrons. The van der Waals surface area contributed by atoms with E-state index in [0.717, 1.165) is 0 Å². The third kappa shape index (κ3) is 8.09. The molecule has 1 aromatic rings. The van der Waals surface area contributed by atoms with E-state index in [0.29, 0.717) is 29.5 Å². The first-order valence-electron chi connectivity index (χ1n) is 7.89. The monoisotopic (exact) mass is 372 g/mol. The number of hydrogen-bond donors (Lipinski definition) is 3. The van der Waals surface area contributed by atoms with Gasteiger partial charge in [0, 0.05) is 24.1 Å². The summed E-state index contributed by atoms with van der Waals surface area (Å²) >= 11 is 6.00. The molecule has 0 saturated heterocycles. The Hall–Kier alpha value is -1.99. The lowest BCUT2D eigenvalue weighted by Crippen LogP contribution is -2.45. The van der Waals surface area contributed by atoms with Crippen LogP contribution in [0.3, 0.4) is 0 Å². The van der Waals surface area contributed by atoms with Crippen LogP contribution in [0.1, 0.15) is 33.6 Å². The van der Waals surface area contributed by atoms with Gasteiger partial charge in [0.25, 0.3) is 0 Å². The van der Waals surface area contributed by atoms with Gasteiger partial charge >= 0.3 is 12.0 Å². The fraction of sp³-hybridized carbons (Fsp3) is 0.529. The van der Waals surface area contributed by atoms with Crippen molar-refractivity contribution < 1.29 is 24.2 Å². The van der Waals surface area contributed by atoms with Gasteiger partial charge in [0.15, 0.2) is 0 Å². The lowest BCUT2D eigenvalue weighted by atomic mass is 9.99. The van der Waals surface area contributed by atoms with Crippen molar-refractivity contribution in [2.45, 2.75) is 45.3 Å². The van der Waals surface area contributed by atoms with Crippen LogP contribution in [-0.4, -0.2) is 42.5 Å². The summed E-state index contributed by atoms with van der Waals surface area (Å²) in [4.78, 5) is 22.9. The second-order valence-electron chi connectivity index (χ2n) is 6.38. The number of benzene rings is 1. The molecule has 140 valence electrons. The number of hydrogen-bond acceptors (Lipinski definition) is 4. The van der Waals surface area contributed by atoms with Crippen LogP contribution >= 0.6 is 11.6 Å². The van der Waals surface area contributed by atoms with Crippen LogP contribution in [0.15, 0.2) is 18.2 Å². The molecule has 3 N–H and O–H groups in total. The average molecular weight is 373 g/mol. The molecule has 7 nitrogen and oxygen atoms in total. The topological polar surface area (TPSA) is 96.9 Å². The molecule has 0 fully saturated rings. The standard InChI is InChI=1S/C17H25ClN2O5/c1-11(10-24-4)25-14-6-5-12(18)9-13(14)19-16(23)20-17(2,3)8-7-15(21)22/h5-6,9,11H,7-8,10H2,1-4H3,(H,21,22)(H2,19,20,23). The number of amides is 2. The van der Waals surface area contributed by atoms with Crippen LogP contribution < -0.4 is 15.4 Å². The van der Waals surface area contributed by atoms with E-state index in [-0.39, 0.29) is 12.5 Å². The van der Waals surface area contributed by atoms with E-state index in [4.69, 9.17) is 26.2 Å². The maximum absolute atomic E-state index is 12.3. The van der Waals surface area contributed by atoms with Crippen LogP contribution in [-0.2, 0) is 9.53 Å².